The summed E-state index contributed by atoms with van der Waals surface area (Å²) in [5.41, 5.74) is -0.00931. The summed E-state index contributed by atoms with van der Waals surface area (Å²) in [7, 11) is 0. The number of hydrogen-bond acceptors (Lipinski definition) is 3. The summed E-state index contributed by atoms with van der Waals surface area (Å²) in [6.45, 7) is 0. The first kappa shape index (κ1) is 9.79. The van der Waals surface area contributed by atoms with Crippen molar-refractivity contribution in [3.8, 4) is 10.6 Å². The molecule has 1 aromatic carbocycles. The van der Waals surface area contributed by atoms with Gasteiger partial charge in [-0.1, -0.05) is 6.07 Å². The number of thiazole rings is 1. The molecule has 0 atom stereocenters. The third-order valence-electron chi connectivity index (χ3n) is 1.89. The molecule has 0 bridgehead atoms. The van der Waals surface area contributed by atoms with E-state index < -0.39 is 11.8 Å². The van der Waals surface area contributed by atoms with Gasteiger partial charge in [0.1, 0.15) is 10.8 Å². The summed E-state index contributed by atoms with van der Waals surface area (Å²) < 4.78 is 13.5. The van der Waals surface area contributed by atoms with Crippen LogP contribution < -0.4 is 0 Å². The highest BCUT2D eigenvalue weighted by Gasteiger charge is 2.17. The number of carboxylic acids is 1. The fourth-order valence-electron chi connectivity index (χ4n) is 1.27. The van der Waals surface area contributed by atoms with Gasteiger partial charge >= 0.3 is 5.97 Å². The third kappa shape index (κ3) is 1.73. The van der Waals surface area contributed by atoms with E-state index in [0.29, 0.717) is 5.01 Å². The zero-order valence-electron chi connectivity index (χ0n) is 7.48. The lowest BCUT2D eigenvalue weighted by Gasteiger charge is -2.03. The standard InChI is InChI=1S/C10H6FNO2S/c11-7-3-1-2-6(10(13)14)8(7)9-12-4-5-15-9/h1-5H,(H,13,14). The molecule has 1 heterocycles. The Balaban J connectivity index is 2.68. The largest absolute Gasteiger partial charge is 0.478 e. The highest BCUT2D eigenvalue weighted by atomic mass is 32.1. The Morgan fingerprint density at radius 3 is 2.87 bits per heavy atom. The highest BCUT2D eigenvalue weighted by molar-refractivity contribution is 7.13. The summed E-state index contributed by atoms with van der Waals surface area (Å²) in [5, 5.41) is 11.0. The van der Waals surface area contributed by atoms with E-state index in [-0.39, 0.29) is 11.1 Å². The first-order valence-electron chi connectivity index (χ1n) is 4.12. The molecule has 3 nitrogen and oxygen atoms in total. The molecule has 0 aliphatic rings. The van der Waals surface area contributed by atoms with Crippen LogP contribution >= 0.6 is 11.3 Å². The molecule has 0 saturated heterocycles. The Hall–Kier alpha value is -1.75. The molecular formula is C10H6FNO2S. The fraction of sp³-hybridized carbons (Fsp3) is 0. The van der Waals surface area contributed by atoms with Crippen LogP contribution in [0.25, 0.3) is 10.6 Å². The predicted molar refractivity (Wildman–Crippen MR) is 54.5 cm³/mol. The summed E-state index contributed by atoms with van der Waals surface area (Å²) in [6.07, 6.45) is 1.51. The highest BCUT2D eigenvalue weighted by Crippen LogP contribution is 2.28. The number of carboxylic acid groups (broad SMARTS) is 1. The second-order valence-electron chi connectivity index (χ2n) is 2.80. The van der Waals surface area contributed by atoms with Gasteiger partial charge in [0.2, 0.25) is 0 Å². The third-order valence-corrected chi connectivity index (χ3v) is 2.68. The van der Waals surface area contributed by atoms with E-state index in [9.17, 15) is 9.18 Å². The van der Waals surface area contributed by atoms with Crippen LogP contribution in [0.1, 0.15) is 10.4 Å². The first-order chi connectivity index (χ1) is 7.20. The Kier molecular flexibility index (Phi) is 2.47. The average Bonchev–Trinajstić information content (AvgIpc) is 2.70. The van der Waals surface area contributed by atoms with E-state index in [1.165, 1.54) is 35.7 Å². The Bertz CT molecular complexity index is 496. The van der Waals surface area contributed by atoms with Crippen LogP contribution in [-0.4, -0.2) is 16.1 Å². The number of rotatable bonds is 2. The molecule has 0 fully saturated rings. The van der Waals surface area contributed by atoms with Crippen molar-refractivity contribution in [3.63, 3.8) is 0 Å². The minimum absolute atomic E-state index is 0.0556. The van der Waals surface area contributed by atoms with Crippen molar-refractivity contribution < 1.29 is 14.3 Å². The normalized spacial score (nSPS) is 10.2. The van der Waals surface area contributed by atoms with Crippen molar-refractivity contribution in [1.29, 1.82) is 0 Å². The minimum atomic E-state index is -1.15. The number of halogens is 1. The predicted octanol–water partition coefficient (Wildman–Crippen LogP) is 2.65. The van der Waals surface area contributed by atoms with Crippen molar-refractivity contribution in [2.75, 3.05) is 0 Å². The Morgan fingerprint density at radius 2 is 2.27 bits per heavy atom. The molecule has 0 unspecified atom stereocenters. The van der Waals surface area contributed by atoms with Crippen molar-refractivity contribution in [1.82, 2.24) is 4.98 Å². The molecular weight excluding hydrogens is 217 g/mol. The van der Waals surface area contributed by atoms with Gasteiger partial charge in [0.25, 0.3) is 0 Å². The summed E-state index contributed by atoms with van der Waals surface area (Å²) in [4.78, 5) is 14.8. The number of hydrogen-bond donors (Lipinski definition) is 1. The van der Waals surface area contributed by atoms with Gasteiger partial charge in [-0.15, -0.1) is 11.3 Å². The van der Waals surface area contributed by atoms with Crippen LogP contribution in [0.4, 0.5) is 4.39 Å². The van der Waals surface area contributed by atoms with Crippen LogP contribution in [0.5, 0.6) is 0 Å². The van der Waals surface area contributed by atoms with Crippen molar-refractivity contribution in [2.45, 2.75) is 0 Å². The maximum atomic E-state index is 13.5. The number of aromatic nitrogens is 1. The van der Waals surface area contributed by atoms with Crippen LogP contribution in [0.3, 0.4) is 0 Å². The monoisotopic (exact) mass is 223 g/mol. The van der Waals surface area contributed by atoms with Gasteiger partial charge in [-0.3, -0.25) is 0 Å². The smallest absolute Gasteiger partial charge is 0.336 e. The number of carbonyl (C=O) groups is 1. The van der Waals surface area contributed by atoms with E-state index in [2.05, 4.69) is 4.98 Å². The van der Waals surface area contributed by atoms with E-state index in [1.807, 2.05) is 0 Å². The van der Waals surface area contributed by atoms with Gasteiger partial charge in [0, 0.05) is 11.6 Å². The number of nitrogens with zero attached hydrogens (tertiary/aromatic N) is 1. The molecule has 0 aliphatic heterocycles. The van der Waals surface area contributed by atoms with Crippen molar-refractivity contribution >= 4 is 17.3 Å². The molecule has 76 valence electrons. The maximum Gasteiger partial charge on any atom is 0.336 e. The Labute approximate surface area is 88.8 Å². The van der Waals surface area contributed by atoms with Gasteiger partial charge in [-0.2, -0.15) is 0 Å². The fourth-order valence-corrected chi connectivity index (χ4v) is 1.96. The topological polar surface area (TPSA) is 50.2 Å². The molecule has 0 spiro atoms. The van der Waals surface area contributed by atoms with Crippen LogP contribution in [0, 0.1) is 5.82 Å². The minimum Gasteiger partial charge on any atom is -0.478 e. The molecule has 5 heteroatoms. The molecule has 15 heavy (non-hydrogen) atoms. The van der Waals surface area contributed by atoms with Crippen LogP contribution in [-0.2, 0) is 0 Å². The number of benzene rings is 1. The lowest BCUT2D eigenvalue weighted by Crippen LogP contribution is -2.01. The SMILES string of the molecule is O=C(O)c1cccc(F)c1-c1nccs1. The average molecular weight is 223 g/mol. The zero-order valence-corrected chi connectivity index (χ0v) is 8.29. The van der Waals surface area contributed by atoms with Crippen LogP contribution in [0.15, 0.2) is 29.8 Å². The van der Waals surface area contributed by atoms with E-state index >= 15 is 0 Å². The number of aromatic carboxylic acids is 1. The van der Waals surface area contributed by atoms with Gasteiger partial charge in [0.15, 0.2) is 0 Å². The Morgan fingerprint density at radius 1 is 1.47 bits per heavy atom. The zero-order chi connectivity index (χ0) is 10.8. The second-order valence-corrected chi connectivity index (χ2v) is 3.70. The molecule has 0 aliphatic carbocycles. The maximum absolute atomic E-state index is 13.5. The van der Waals surface area contributed by atoms with E-state index in [4.69, 9.17) is 5.11 Å². The van der Waals surface area contributed by atoms with Gasteiger partial charge < -0.3 is 5.11 Å². The quantitative estimate of drug-likeness (QED) is 0.851. The molecule has 2 aromatic rings. The molecule has 1 aromatic heterocycles. The van der Waals surface area contributed by atoms with Crippen molar-refractivity contribution in [3.05, 3.63) is 41.2 Å². The van der Waals surface area contributed by atoms with Gasteiger partial charge in [-0.25, -0.2) is 14.2 Å². The van der Waals surface area contributed by atoms with Gasteiger partial charge in [0.05, 0.1) is 11.1 Å². The van der Waals surface area contributed by atoms with Crippen LogP contribution in [0.2, 0.25) is 0 Å². The molecule has 1 N–H and O–H groups in total. The molecule has 0 radical (unpaired) electrons. The molecule has 0 amide bonds. The molecule has 2 rings (SSSR count). The van der Waals surface area contributed by atoms with E-state index in [1.54, 1.807) is 5.38 Å². The summed E-state index contributed by atoms with van der Waals surface area (Å²) in [5.74, 6) is -1.72. The first-order valence-corrected chi connectivity index (χ1v) is 5.00. The lowest BCUT2D eigenvalue weighted by atomic mass is 10.1. The van der Waals surface area contributed by atoms with Gasteiger partial charge in [-0.05, 0) is 12.1 Å². The van der Waals surface area contributed by atoms with Crippen molar-refractivity contribution in [2.24, 2.45) is 0 Å². The lowest BCUT2D eigenvalue weighted by molar-refractivity contribution is 0.0697. The van der Waals surface area contributed by atoms with E-state index in [0.717, 1.165) is 0 Å². The molecule has 0 saturated carbocycles. The second kappa shape index (κ2) is 3.78. The summed E-state index contributed by atoms with van der Waals surface area (Å²) in [6, 6.07) is 3.96. The summed E-state index contributed by atoms with van der Waals surface area (Å²) >= 11 is 1.21.